The molecule has 0 aliphatic rings. The van der Waals surface area contributed by atoms with Gasteiger partial charge in [0, 0.05) is 56.8 Å². The van der Waals surface area contributed by atoms with Crippen LogP contribution in [-0.4, -0.2) is 45.8 Å². The average molecular weight is 334 g/mol. The van der Waals surface area contributed by atoms with Gasteiger partial charge in [-0.05, 0) is 20.8 Å². The van der Waals surface area contributed by atoms with Crippen LogP contribution >= 0.6 is 11.3 Å². The smallest absolute Gasteiger partial charge is 0.193 e. The maximum absolute atomic E-state index is 4.75. The van der Waals surface area contributed by atoms with E-state index in [1.807, 2.05) is 24.1 Å². The third-order valence-corrected chi connectivity index (χ3v) is 4.61. The van der Waals surface area contributed by atoms with E-state index in [1.165, 1.54) is 10.4 Å². The maximum atomic E-state index is 4.75. The van der Waals surface area contributed by atoms with Gasteiger partial charge in [-0.2, -0.15) is 5.10 Å². The number of hydrogen-bond donors (Lipinski definition) is 1. The molecule has 2 aromatic heterocycles. The highest BCUT2D eigenvalue weighted by Gasteiger charge is 2.08. The molecule has 0 atom stereocenters. The predicted octanol–water partition coefficient (Wildman–Crippen LogP) is 2.13. The highest BCUT2D eigenvalue weighted by atomic mass is 32.1. The SMILES string of the molecule is CCNC(=NCCc1sc(C)nc1C)N(C)Cc1cnn(C)c1. The summed E-state index contributed by atoms with van der Waals surface area (Å²) in [6.07, 6.45) is 4.86. The summed E-state index contributed by atoms with van der Waals surface area (Å²) in [5, 5.41) is 8.69. The second-order valence-electron chi connectivity index (χ2n) is 5.61. The van der Waals surface area contributed by atoms with Gasteiger partial charge in [-0.1, -0.05) is 0 Å². The Kier molecular flexibility index (Phi) is 6.15. The first-order chi connectivity index (χ1) is 11.0. The molecular formula is C16H26N6S. The zero-order chi connectivity index (χ0) is 16.8. The first kappa shape index (κ1) is 17.5. The summed E-state index contributed by atoms with van der Waals surface area (Å²) in [5.74, 6) is 0.926. The fourth-order valence-electron chi connectivity index (χ4n) is 2.44. The van der Waals surface area contributed by atoms with E-state index in [-0.39, 0.29) is 0 Å². The van der Waals surface area contributed by atoms with Gasteiger partial charge >= 0.3 is 0 Å². The van der Waals surface area contributed by atoms with Crippen molar-refractivity contribution in [1.82, 2.24) is 25.0 Å². The Morgan fingerprint density at radius 2 is 2.22 bits per heavy atom. The van der Waals surface area contributed by atoms with Crippen LogP contribution in [0.4, 0.5) is 0 Å². The summed E-state index contributed by atoms with van der Waals surface area (Å²) in [6, 6.07) is 0. The van der Waals surface area contributed by atoms with E-state index in [2.05, 4.69) is 48.1 Å². The van der Waals surface area contributed by atoms with Crippen LogP contribution in [0.15, 0.2) is 17.4 Å². The normalized spacial score (nSPS) is 11.8. The van der Waals surface area contributed by atoms with E-state index in [1.54, 1.807) is 11.3 Å². The topological polar surface area (TPSA) is 58.3 Å². The number of thiazole rings is 1. The van der Waals surface area contributed by atoms with Crippen LogP contribution < -0.4 is 5.32 Å². The molecule has 6 nitrogen and oxygen atoms in total. The summed E-state index contributed by atoms with van der Waals surface area (Å²) in [7, 11) is 3.98. The number of aromatic nitrogens is 3. The van der Waals surface area contributed by atoms with E-state index >= 15 is 0 Å². The molecule has 2 rings (SSSR count). The van der Waals surface area contributed by atoms with Gasteiger partial charge < -0.3 is 10.2 Å². The van der Waals surface area contributed by atoms with Gasteiger partial charge in [-0.25, -0.2) is 4.98 Å². The van der Waals surface area contributed by atoms with Crippen LogP contribution in [0, 0.1) is 13.8 Å². The van der Waals surface area contributed by atoms with E-state index in [0.29, 0.717) is 0 Å². The predicted molar refractivity (Wildman–Crippen MR) is 95.9 cm³/mol. The number of aliphatic imine (C=N–C) groups is 1. The molecule has 0 unspecified atom stereocenters. The molecule has 126 valence electrons. The summed E-state index contributed by atoms with van der Waals surface area (Å²) >= 11 is 1.77. The Morgan fingerprint density at radius 3 is 2.78 bits per heavy atom. The number of rotatable bonds is 6. The lowest BCUT2D eigenvalue weighted by atomic mass is 10.3. The molecule has 1 N–H and O–H groups in total. The van der Waals surface area contributed by atoms with Crippen LogP contribution in [0.1, 0.15) is 28.1 Å². The zero-order valence-electron chi connectivity index (χ0n) is 14.6. The summed E-state index contributed by atoms with van der Waals surface area (Å²) in [6.45, 7) is 8.62. The number of hydrogen-bond acceptors (Lipinski definition) is 4. The summed E-state index contributed by atoms with van der Waals surface area (Å²) in [4.78, 5) is 12.7. The fourth-order valence-corrected chi connectivity index (χ4v) is 3.37. The van der Waals surface area contributed by atoms with Gasteiger partial charge in [0.05, 0.1) is 16.9 Å². The highest BCUT2D eigenvalue weighted by Crippen LogP contribution is 2.17. The Labute approximate surface area is 142 Å². The Balaban J connectivity index is 1.97. The van der Waals surface area contributed by atoms with Crippen molar-refractivity contribution in [2.24, 2.45) is 12.0 Å². The lowest BCUT2D eigenvalue weighted by Gasteiger charge is -2.21. The minimum absolute atomic E-state index is 0.766. The Bertz CT molecular complexity index is 657. The van der Waals surface area contributed by atoms with Crippen molar-refractivity contribution in [1.29, 1.82) is 0 Å². The fraction of sp³-hybridized carbons (Fsp3) is 0.562. The van der Waals surface area contributed by atoms with Gasteiger partial charge in [-0.3, -0.25) is 9.67 Å². The number of nitrogens with one attached hydrogen (secondary N) is 1. The summed E-state index contributed by atoms with van der Waals surface area (Å²) in [5.41, 5.74) is 2.31. The molecule has 0 aliphatic carbocycles. The molecular weight excluding hydrogens is 308 g/mol. The van der Waals surface area contributed by atoms with Gasteiger partial charge in [0.15, 0.2) is 5.96 Å². The molecule has 0 bridgehead atoms. The molecule has 23 heavy (non-hydrogen) atoms. The first-order valence-corrected chi connectivity index (χ1v) is 8.71. The molecule has 0 aliphatic heterocycles. The van der Waals surface area contributed by atoms with Crippen molar-refractivity contribution in [3.63, 3.8) is 0 Å². The van der Waals surface area contributed by atoms with Gasteiger partial charge in [0.25, 0.3) is 0 Å². The van der Waals surface area contributed by atoms with E-state index < -0.39 is 0 Å². The van der Waals surface area contributed by atoms with Crippen molar-refractivity contribution in [3.05, 3.63) is 33.5 Å². The van der Waals surface area contributed by atoms with Crippen molar-refractivity contribution in [2.75, 3.05) is 20.1 Å². The van der Waals surface area contributed by atoms with Crippen LogP contribution in [0.3, 0.4) is 0 Å². The molecule has 0 amide bonds. The minimum Gasteiger partial charge on any atom is -0.357 e. The van der Waals surface area contributed by atoms with Gasteiger partial charge in [0.2, 0.25) is 0 Å². The Hall–Kier alpha value is -1.89. The zero-order valence-corrected chi connectivity index (χ0v) is 15.4. The largest absolute Gasteiger partial charge is 0.357 e. The number of nitrogens with zero attached hydrogens (tertiary/aromatic N) is 5. The number of aryl methyl sites for hydroxylation is 3. The molecule has 2 aromatic rings. The van der Waals surface area contributed by atoms with Crippen molar-refractivity contribution < 1.29 is 0 Å². The minimum atomic E-state index is 0.766. The lowest BCUT2D eigenvalue weighted by Crippen LogP contribution is -2.38. The molecule has 0 radical (unpaired) electrons. The summed E-state index contributed by atoms with van der Waals surface area (Å²) < 4.78 is 1.82. The lowest BCUT2D eigenvalue weighted by molar-refractivity contribution is 0.477. The molecule has 0 saturated carbocycles. The molecule has 0 spiro atoms. The van der Waals surface area contributed by atoms with Crippen LogP contribution in [0.5, 0.6) is 0 Å². The molecule has 0 fully saturated rings. The van der Waals surface area contributed by atoms with E-state index in [4.69, 9.17) is 4.99 Å². The van der Waals surface area contributed by atoms with Crippen LogP contribution in [-0.2, 0) is 20.0 Å². The average Bonchev–Trinajstić information content (AvgIpc) is 3.03. The quantitative estimate of drug-likeness (QED) is 0.649. The van der Waals surface area contributed by atoms with Crippen LogP contribution in [0.2, 0.25) is 0 Å². The molecule has 7 heteroatoms. The number of guanidine groups is 1. The molecule has 2 heterocycles. The third kappa shape index (κ3) is 5.06. The monoisotopic (exact) mass is 334 g/mol. The van der Waals surface area contributed by atoms with E-state index in [9.17, 15) is 0 Å². The Morgan fingerprint density at radius 1 is 1.43 bits per heavy atom. The van der Waals surface area contributed by atoms with Crippen LogP contribution in [0.25, 0.3) is 0 Å². The van der Waals surface area contributed by atoms with Gasteiger partial charge in [0.1, 0.15) is 0 Å². The van der Waals surface area contributed by atoms with Crippen molar-refractivity contribution in [3.8, 4) is 0 Å². The molecule has 0 saturated heterocycles. The molecule has 0 aromatic carbocycles. The van der Waals surface area contributed by atoms with Gasteiger partial charge in [-0.15, -0.1) is 11.3 Å². The third-order valence-electron chi connectivity index (χ3n) is 3.47. The van der Waals surface area contributed by atoms with E-state index in [0.717, 1.165) is 42.7 Å². The maximum Gasteiger partial charge on any atom is 0.193 e. The second kappa shape index (κ2) is 8.10. The van der Waals surface area contributed by atoms with Crippen molar-refractivity contribution in [2.45, 2.75) is 33.7 Å². The second-order valence-corrected chi connectivity index (χ2v) is 6.89. The first-order valence-electron chi connectivity index (χ1n) is 7.89. The standard InChI is InChI=1S/C16H26N6S/c1-6-17-16(21(4)10-14-9-19-22(5)11-14)18-8-7-15-12(2)20-13(3)23-15/h9,11H,6-8,10H2,1-5H3,(H,17,18). The van der Waals surface area contributed by atoms with Crippen molar-refractivity contribution >= 4 is 17.3 Å². The highest BCUT2D eigenvalue weighted by molar-refractivity contribution is 7.11.